The van der Waals surface area contributed by atoms with E-state index in [2.05, 4.69) is 11.4 Å². The van der Waals surface area contributed by atoms with Crippen LogP contribution in [0, 0.1) is 31.1 Å². The standard InChI is InChI=1S/C18H24N2O3/c1-11(2)18(6,10-19)20-16(21)14(5)23-17(22)15-9-7-8-12(3)13(15)4/h7-9,11,14H,1-6H3,(H,20,21)/t14-,18+/m1/s1. The topological polar surface area (TPSA) is 79.2 Å². The Morgan fingerprint density at radius 3 is 2.39 bits per heavy atom. The van der Waals surface area contributed by atoms with Gasteiger partial charge in [-0.2, -0.15) is 5.26 Å². The smallest absolute Gasteiger partial charge is 0.339 e. The molecule has 0 aromatic heterocycles. The zero-order valence-electron chi connectivity index (χ0n) is 14.6. The summed E-state index contributed by atoms with van der Waals surface area (Å²) in [7, 11) is 0. The first-order chi connectivity index (χ1) is 10.6. The first-order valence-corrected chi connectivity index (χ1v) is 7.63. The second-order valence-corrected chi connectivity index (χ2v) is 6.25. The summed E-state index contributed by atoms with van der Waals surface area (Å²) in [4.78, 5) is 24.4. The molecule has 124 valence electrons. The minimum absolute atomic E-state index is 0.0710. The van der Waals surface area contributed by atoms with Crippen LogP contribution in [0.15, 0.2) is 18.2 Å². The van der Waals surface area contributed by atoms with Crippen LogP contribution in [-0.2, 0) is 9.53 Å². The summed E-state index contributed by atoms with van der Waals surface area (Å²) in [5.41, 5.74) is 1.25. The molecule has 0 heterocycles. The lowest BCUT2D eigenvalue weighted by molar-refractivity contribution is -0.130. The minimum Gasteiger partial charge on any atom is -0.449 e. The molecule has 1 aromatic rings. The molecule has 0 aliphatic rings. The fourth-order valence-electron chi connectivity index (χ4n) is 1.91. The van der Waals surface area contributed by atoms with Crippen molar-refractivity contribution < 1.29 is 14.3 Å². The molecule has 0 aliphatic heterocycles. The Balaban J connectivity index is 2.81. The number of amides is 1. The summed E-state index contributed by atoms with van der Waals surface area (Å²) in [6.07, 6.45) is -0.978. The van der Waals surface area contributed by atoms with E-state index >= 15 is 0 Å². The third-order valence-electron chi connectivity index (χ3n) is 4.25. The van der Waals surface area contributed by atoms with E-state index < -0.39 is 23.5 Å². The molecular formula is C18H24N2O3. The Kier molecular flexibility index (Phi) is 5.91. The minimum atomic E-state index is -1.00. The van der Waals surface area contributed by atoms with Crippen LogP contribution in [0.2, 0.25) is 0 Å². The number of aryl methyl sites for hydroxylation is 1. The molecule has 1 amide bonds. The van der Waals surface area contributed by atoms with Crippen LogP contribution in [0.25, 0.3) is 0 Å². The summed E-state index contributed by atoms with van der Waals surface area (Å²) in [5.74, 6) is -1.10. The number of hydrogen-bond acceptors (Lipinski definition) is 4. The highest BCUT2D eigenvalue weighted by Crippen LogP contribution is 2.17. The van der Waals surface area contributed by atoms with Crippen molar-refractivity contribution in [2.24, 2.45) is 5.92 Å². The Hall–Kier alpha value is -2.35. The molecule has 5 heteroatoms. The molecule has 0 aliphatic carbocycles. The largest absolute Gasteiger partial charge is 0.449 e. The molecule has 0 radical (unpaired) electrons. The number of nitrogens with zero attached hydrogens (tertiary/aromatic N) is 1. The molecule has 2 atom stereocenters. The quantitative estimate of drug-likeness (QED) is 0.847. The molecule has 0 saturated heterocycles. The zero-order chi connectivity index (χ0) is 17.8. The summed E-state index contributed by atoms with van der Waals surface area (Å²) in [6.45, 7) is 10.6. The van der Waals surface area contributed by atoms with Gasteiger partial charge in [-0.1, -0.05) is 26.0 Å². The van der Waals surface area contributed by atoms with E-state index in [-0.39, 0.29) is 5.92 Å². The molecule has 0 fully saturated rings. The molecule has 0 spiro atoms. The number of ether oxygens (including phenoxy) is 1. The summed E-state index contributed by atoms with van der Waals surface area (Å²) in [6, 6.07) is 7.44. The molecule has 1 aromatic carbocycles. The fraction of sp³-hybridized carbons (Fsp3) is 0.500. The molecular weight excluding hydrogens is 292 g/mol. The third-order valence-corrected chi connectivity index (χ3v) is 4.25. The summed E-state index contributed by atoms with van der Waals surface area (Å²) in [5, 5.41) is 11.9. The van der Waals surface area contributed by atoms with Crippen LogP contribution in [-0.4, -0.2) is 23.5 Å². The molecule has 1 N–H and O–H groups in total. The van der Waals surface area contributed by atoms with Crippen LogP contribution >= 0.6 is 0 Å². The van der Waals surface area contributed by atoms with Crippen molar-refractivity contribution in [1.82, 2.24) is 5.32 Å². The average Bonchev–Trinajstić information content (AvgIpc) is 2.49. The van der Waals surface area contributed by atoms with Crippen molar-refractivity contribution in [3.8, 4) is 6.07 Å². The van der Waals surface area contributed by atoms with E-state index in [0.29, 0.717) is 5.56 Å². The van der Waals surface area contributed by atoms with Crippen molar-refractivity contribution in [2.75, 3.05) is 0 Å². The van der Waals surface area contributed by atoms with E-state index in [1.807, 2.05) is 33.8 Å². The first kappa shape index (κ1) is 18.7. The summed E-state index contributed by atoms with van der Waals surface area (Å²) < 4.78 is 5.24. The summed E-state index contributed by atoms with van der Waals surface area (Å²) >= 11 is 0. The van der Waals surface area contributed by atoms with Crippen molar-refractivity contribution in [2.45, 2.75) is 53.2 Å². The van der Waals surface area contributed by atoms with Gasteiger partial charge in [-0.25, -0.2) is 4.79 Å². The van der Waals surface area contributed by atoms with Crippen LogP contribution < -0.4 is 5.32 Å². The number of rotatable bonds is 5. The van der Waals surface area contributed by atoms with Gasteiger partial charge < -0.3 is 10.1 Å². The van der Waals surface area contributed by atoms with Crippen molar-refractivity contribution in [3.63, 3.8) is 0 Å². The van der Waals surface area contributed by atoms with Crippen LogP contribution in [0.5, 0.6) is 0 Å². The van der Waals surface area contributed by atoms with Crippen molar-refractivity contribution in [3.05, 3.63) is 34.9 Å². The number of esters is 1. The third kappa shape index (κ3) is 4.32. The second kappa shape index (κ2) is 7.28. The Labute approximate surface area is 137 Å². The Morgan fingerprint density at radius 2 is 1.87 bits per heavy atom. The van der Waals surface area contributed by atoms with Gasteiger partial charge >= 0.3 is 5.97 Å². The number of nitrogens with one attached hydrogen (secondary N) is 1. The van der Waals surface area contributed by atoms with E-state index in [1.54, 1.807) is 19.1 Å². The maximum absolute atomic E-state index is 12.2. The van der Waals surface area contributed by atoms with Crippen LogP contribution in [0.3, 0.4) is 0 Å². The average molecular weight is 316 g/mol. The fourth-order valence-corrected chi connectivity index (χ4v) is 1.91. The highest BCUT2D eigenvalue weighted by Gasteiger charge is 2.32. The van der Waals surface area contributed by atoms with Gasteiger partial charge in [-0.3, -0.25) is 4.79 Å². The Morgan fingerprint density at radius 1 is 1.26 bits per heavy atom. The predicted molar refractivity (Wildman–Crippen MR) is 87.8 cm³/mol. The number of hydrogen-bond donors (Lipinski definition) is 1. The van der Waals surface area contributed by atoms with Gasteiger partial charge in [0.2, 0.25) is 0 Å². The highest BCUT2D eigenvalue weighted by molar-refractivity contribution is 5.93. The second-order valence-electron chi connectivity index (χ2n) is 6.25. The first-order valence-electron chi connectivity index (χ1n) is 7.63. The SMILES string of the molecule is Cc1cccc(C(=O)O[C@H](C)C(=O)N[C@@](C)(C#N)C(C)C)c1C. The Bertz CT molecular complexity index is 646. The van der Waals surface area contributed by atoms with E-state index in [1.165, 1.54) is 6.92 Å². The lowest BCUT2D eigenvalue weighted by atomic mass is 9.90. The molecule has 1 rings (SSSR count). The maximum atomic E-state index is 12.2. The van der Waals surface area contributed by atoms with Crippen molar-refractivity contribution in [1.29, 1.82) is 5.26 Å². The van der Waals surface area contributed by atoms with Crippen LogP contribution in [0.4, 0.5) is 0 Å². The zero-order valence-corrected chi connectivity index (χ0v) is 14.6. The van der Waals surface area contributed by atoms with Gasteiger partial charge in [-0.15, -0.1) is 0 Å². The number of nitriles is 1. The van der Waals surface area contributed by atoms with Gasteiger partial charge in [0.25, 0.3) is 5.91 Å². The number of benzene rings is 1. The van der Waals surface area contributed by atoms with Gasteiger partial charge in [0.15, 0.2) is 6.10 Å². The molecule has 0 unspecified atom stereocenters. The van der Waals surface area contributed by atoms with E-state index in [4.69, 9.17) is 4.74 Å². The normalized spacial score (nSPS) is 14.5. The highest BCUT2D eigenvalue weighted by atomic mass is 16.5. The number of carbonyl (C=O) groups excluding carboxylic acids is 2. The monoisotopic (exact) mass is 316 g/mol. The lowest BCUT2D eigenvalue weighted by Gasteiger charge is -2.28. The lowest BCUT2D eigenvalue weighted by Crippen LogP contribution is -2.52. The van der Waals surface area contributed by atoms with Gasteiger partial charge in [-0.05, 0) is 50.8 Å². The van der Waals surface area contributed by atoms with E-state index in [0.717, 1.165) is 11.1 Å². The predicted octanol–water partition coefficient (Wildman–Crippen LogP) is 2.90. The van der Waals surface area contributed by atoms with Gasteiger partial charge in [0.05, 0.1) is 11.6 Å². The maximum Gasteiger partial charge on any atom is 0.339 e. The van der Waals surface area contributed by atoms with Crippen molar-refractivity contribution >= 4 is 11.9 Å². The van der Waals surface area contributed by atoms with Crippen LogP contribution in [0.1, 0.15) is 49.2 Å². The van der Waals surface area contributed by atoms with Gasteiger partial charge in [0.1, 0.15) is 5.54 Å². The molecule has 23 heavy (non-hydrogen) atoms. The van der Waals surface area contributed by atoms with Gasteiger partial charge in [0, 0.05) is 0 Å². The molecule has 0 bridgehead atoms. The molecule has 0 saturated carbocycles. The van der Waals surface area contributed by atoms with E-state index in [9.17, 15) is 14.9 Å². The molecule has 5 nitrogen and oxygen atoms in total. The number of carbonyl (C=O) groups is 2.